The average molecular weight is 453 g/mol. The first-order chi connectivity index (χ1) is 15.9. The number of rotatable bonds is 10. The van der Waals surface area contributed by atoms with E-state index >= 15 is 0 Å². The lowest BCUT2D eigenvalue weighted by atomic mass is 10.0. The van der Waals surface area contributed by atoms with Gasteiger partial charge in [-0.15, -0.1) is 0 Å². The lowest BCUT2D eigenvalue weighted by Gasteiger charge is -2.31. The van der Waals surface area contributed by atoms with E-state index in [0.29, 0.717) is 51.5 Å². The number of nitrogens with one attached hydrogen (secondary N) is 1. The van der Waals surface area contributed by atoms with Gasteiger partial charge in [-0.2, -0.15) is 0 Å². The molecule has 2 amide bonds. The van der Waals surface area contributed by atoms with Crippen molar-refractivity contribution in [3.8, 4) is 11.5 Å². The number of fused-ring (bicyclic) bond motifs is 1. The topological polar surface area (TPSA) is 67.9 Å². The summed E-state index contributed by atoms with van der Waals surface area (Å²) in [4.78, 5) is 28.2. The molecule has 1 aliphatic rings. The monoisotopic (exact) mass is 452 g/mol. The maximum atomic E-state index is 13.5. The highest BCUT2D eigenvalue weighted by Crippen LogP contribution is 2.31. The predicted octanol–water partition coefficient (Wildman–Crippen LogP) is 4.28. The Hall–Kier alpha value is -3.02. The van der Waals surface area contributed by atoms with E-state index in [0.717, 1.165) is 28.2 Å². The second-order valence-electron chi connectivity index (χ2n) is 8.99. The third-order valence-electron chi connectivity index (χ3n) is 5.91. The average Bonchev–Trinajstić information content (AvgIpc) is 2.82. The molecule has 0 spiro atoms. The number of carbonyl (C=O) groups excluding carboxylic acids is 2. The minimum atomic E-state index is -0.504. The lowest BCUT2D eigenvalue weighted by Crippen LogP contribution is -2.49. The van der Waals surface area contributed by atoms with Crippen LogP contribution in [-0.2, 0) is 22.6 Å². The molecular weight excluding hydrogens is 416 g/mol. The zero-order chi connectivity index (χ0) is 23.8. The van der Waals surface area contributed by atoms with Gasteiger partial charge in [-0.3, -0.25) is 9.59 Å². The number of hydrogen-bond donors (Lipinski definition) is 1. The summed E-state index contributed by atoms with van der Waals surface area (Å²) in [5.41, 5.74) is 3.18. The number of benzene rings is 2. The van der Waals surface area contributed by atoms with Crippen LogP contribution >= 0.6 is 0 Å². The fourth-order valence-corrected chi connectivity index (χ4v) is 3.95. The first kappa shape index (κ1) is 24.6. The van der Waals surface area contributed by atoms with Gasteiger partial charge in [0.05, 0.1) is 0 Å². The first-order valence-corrected chi connectivity index (χ1v) is 11.9. The van der Waals surface area contributed by atoms with E-state index in [4.69, 9.17) is 9.47 Å². The van der Waals surface area contributed by atoms with E-state index in [2.05, 4.69) is 19.2 Å². The molecular formula is C27H36N2O4. The first-order valence-electron chi connectivity index (χ1n) is 11.9. The highest BCUT2D eigenvalue weighted by Gasteiger charge is 2.28. The van der Waals surface area contributed by atoms with Gasteiger partial charge in [0, 0.05) is 19.5 Å². The Morgan fingerprint density at radius 1 is 1.06 bits per heavy atom. The minimum Gasteiger partial charge on any atom is -0.486 e. The molecule has 33 heavy (non-hydrogen) atoms. The van der Waals surface area contributed by atoms with Gasteiger partial charge < -0.3 is 19.7 Å². The molecule has 1 N–H and O–H groups in total. The summed E-state index contributed by atoms with van der Waals surface area (Å²) < 4.78 is 11.3. The number of carbonyl (C=O) groups is 2. The van der Waals surface area contributed by atoms with Gasteiger partial charge in [-0.05, 0) is 54.5 Å². The van der Waals surface area contributed by atoms with Crippen molar-refractivity contribution < 1.29 is 19.1 Å². The predicted molar refractivity (Wildman–Crippen MR) is 129 cm³/mol. The Kier molecular flexibility index (Phi) is 8.75. The van der Waals surface area contributed by atoms with Crippen molar-refractivity contribution in [2.24, 2.45) is 5.92 Å². The summed E-state index contributed by atoms with van der Waals surface area (Å²) in [5, 5.41) is 3.01. The van der Waals surface area contributed by atoms with Crippen LogP contribution in [0.15, 0.2) is 42.5 Å². The molecule has 6 heteroatoms. The molecule has 0 unspecified atom stereocenters. The zero-order valence-corrected chi connectivity index (χ0v) is 20.2. The second-order valence-corrected chi connectivity index (χ2v) is 8.99. The molecule has 0 aliphatic carbocycles. The molecule has 0 radical (unpaired) electrons. The zero-order valence-electron chi connectivity index (χ0n) is 20.2. The van der Waals surface area contributed by atoms with Crippen LogP contribution in [0.2, 0.25) is 0 Å². The highest BCUT2D eigenvalue weighted by molar-refractivity contribution is 5.87. The van der Waals surface area contributed by atoms with Gasteiger partial charge >= 0.3 is 0 Å². The molecule has 3 rings (SSSR count). The van der Waals surface area contributed by atoms with Crippen molar-refractivity contribution in [3.05, 3.63) is 59.2 Å². The molecule has 2 aromatic rings. The van der Waals surface area contributed by atoms with Crippen molar-refractivity contribution >= 4 is 11.8 Å². The molecule has 0 fully saturated rings. The lowest BCUT2D eigenvalue weighted by molar-refractivity contribution is -0.141. The highest BCUT2D eigenvalue weighted by atomic mass is 16.6. The number of amides is 2. The summed E-state index contributed by atoms with van der Waals surface area (Å²) in [6.07, 6.45) is 1.45. The van der Waals surface area contributed by atoms with Crippen molar-refractivity contribution in [1.82, 2.24) is 10.2 Å². The van der Waals surface area contributed by atoms with Crippen LogP contribution < -0.4 is 14.8 Å². The fourth-order valence-electron chi connectivity index (χ4n) is 3.95. The molecule has 2 aromatic carbocycles. The molecule has 1 aliphatic heterocycles. The normalized spacial score (nSPS) is 13.5. The van der Waals surface area contributed by atoms with Gasteiger partial charge in [0.1, 0.15) is 19.3 Å². The summed E-state index contributed by atoms with van der Waals surface area (Å²) in [5.74, 6) is 1.70. The second kappa shape index (κ2) is 11.7. The quantitative estimate of drug-likeness (QED) is 0.584. The van der Waals surface area contributed by atoms with Crippen molar-refractivity contribution in [1.29, 1.82) is 0 Å². The summed E-state index contributed by atoms with van der Waals surface area (Å²) in [7, 11) is 0. The van der Waals surface area contributed by atoms with Gasteiger partial charge in [0.15, 0.2) is 11.5 Å². The van der Waals surface area contributed by atoms with E-state index in [1.165, 1.54) is 0 Å². The largest absolute Gasteiger partial charge is 0.486 e. The SMILES string of the molecule is CC[C@@H](C(=O)NCC(C)C)N(Cc1ccccc1C)C(=O)CCc1ccc2c(c1)OCCO2. The molecule has 0 saturated heterocycles. The van der Waals surface area contributed by atoms with E-state index in [-0.39, 0.29) is 11.8 Å². The van der Waals surface area contributed by atoms with E-state index in [1.54, 1.807) is 4.90 Å². The summed E-state index contributed by atoms with van der Waals surface area (Å²) in [6.45, 7) is 10.2. The maximum Gasteiger partial charge on any atom is 0.242 e. The smallest absolute Gasteiger partial charge is 0.242 e. The number of aryl methyl sites for hydroxylation is 2. The molecule has 0 bridgehead atoms. The molecule has 178 valence electrons. The standard InChI is InChI=1S/C27H36N2O4/c1-5-23(27(31)28-17-19(2)3)29(18-22-9-7-6-8-20(22)4)26(30)13-11-21-10-12-24-25(16-21)33-15-14-32-24/h6-10,12,16,19,23H,5,11,13-15,17-18H2,1-4H3,(H,28,31)/t23-/m0/s1. The Balaban J connectivity index is 1.76. The number of hydrogen-bond acceptors (Lipinski definition) is 4. The minimum absolute atomic E-state index is 0.0281. The van der Waals surface area contributed by atoms with Crippen LogP contribution in [0, 0.1) is 12.8 Å². The third kappa shape index (κ3) is 6.73. The van der Waals surface area contributed by atoms with E-state index < -0.39 is 6.04 Å². The number of nitrogens with zero attached hydrogens (tertiary/aromatic N) is 1. The van der Waals surface area contributed by atoms with Crippen LogP contribution in [0.25, 0.3) is 0 Å². The Bertz CT molecular complexity index is 957. The summed E-state index contributed by atoms with van der Waals surface area (Å²) >= 11 is 0. The van der Waals surface area contributed by atoms with Crippen LogP contribution in [0.5, 0.6) is 11.5 Å². The van der Waals surface area contributed by atoms with Gasteiger partial charge in [0.25, 0.3) is 0 Å². The summed E-state index contributed by atoms with van der Waals surface area (Å²) in [6, 6.07) is 13.3. The Labute approximate surface area is 197 Å². The van der Waals surface area contributed by atoms with Crippen LogP contribution in [0.1, 0.15) is 50.3 Å². The Morgan fingerprint density at radius 2 is 1.79 bits per heavy atom. The van der Waals surface area contributed by atoms with E-state index in [1.807, 2.05) is 56.3 Å². The van der Waals surface area contributed by atoms with Crippen LogP contribution in [0.3, 0.4) is 0 Å². The van der Waals surface area contributed by atoms with Gasteiger partial charge in [-0.1, -0.05) is 51.1 Å². The molecule has 0 saturated carbocycles. The fraction of sp³-hybridized carbons (Fsp3) is 0.481. The van der Waals surface area contributed by atoms with Crippen LogP contribution in [-0.4, -0.2) is 42.5 Å². The van der Waals surface area contributed by atoms with Crippen molar-refractivity contribution in [2.45, 2.75) is 59.5 Å². The van der Waals surface area contributed by atoms with Crippen molar-refractivity contribution in [3.63, 3.8) is 0 Å². The van der Waals surface area contributed by atoms with Gasteiger partial charge in [0.2, 0.25) is 11.8 Å². The molecule has 0 aromatic heterocycles. The maximum absolute atomic E-state index is 13.5. The molecule has 6 nitrogen and oxygen atoms in total. The number of ether oxygens (including phenoxy) is 2. The molecule has 1 heterocycles. The van der Waals surface area contributed by atoms with Gasteiger partial charge in [-0.25, -0.2) is 0 Å². The van der Waals surface area contributed by atoms with E-state index in [9.17, 15) is 9.59 Å². The molecule has 1 atom stereocenters. The Morgan fingerprint density at radius 3 is 2.48 bits per heavy atom. The van der Waals surface area contributed by atoms with Crippen LogP contribution in [0.4, 0.5) is 0 Å². The third-order valence-corrected chi connectivity index (χ3v) is 5.91. The van der Waals surface area contributed by atoms with Crippen molar-refractivity contribution in [2.75, 3.05) is 19.8 Å².